The summed E-state index contributed by atoms with van der Waals surface area (Å²) in [4.78, 5) is 8.77. The Morgan fingerprint density at radius 1 is 1.16 bits per heavy atom. The van der Waals surface area contributed by atoms with Crippen LogP contribution in [0.1, 0.15) is 63.7 Å². The SMILES string of the molecule is CCCCCCCCOc1ccc(-c2cc([C@@](C)(N)CO[P+](=O)O)on2)cc1C(F)(F)F. The van der Waals surface area contributed by atoms with Gasteiger partial charge in [-0.2, -0.15) is 13.2 Å². The standard InChI is InChI=1S/C21H28F3N2O5P/c1-3-4-5-6-7-8-11-29-18-10-9-15(12-16(18)21(22,23)24)17-13-19(31-26-17)20(2,25)14-30-32(27)28/h9-10,12-13H,3-8,11,14,25H2,1-2H3/p+1/t20-/m0/s1. The molecule has 2 aromatic rings. The van der Waals surface area contributed by atoms with Crippen molar-refractivity contribution in [2.75, 3.05) is 13.2 Å². The fourth-order valence-corrected chi connectivity index (χ4v) is 3.42. The molecule has 2 rings (SSSR count). The molecule has 32 heavy (non-hydrogen) atoms. The van der Waals surface area contributed by atoms with Gasteiger partial charge in [0.2, 0.25) is 0 Å². The third-order valence-electron chi connectivity index (χ3n) is 4.88. The zero-order valence-corrected chi connectivity index (χ0v) is 19.0. The van der Waals surface area contributed by atoms with Crippen molar-refractivity contribution in [2.45, 2.75) is 64.1 Å². The molecular weight excluding hydrogens is 448 g/mol. The zero-order chi connectivity index (χ0) is 23.8. The van der Waals surface area contributed by atoms with Gasteiger partial charge in [-0.15, -0.1) is 9.42 Å². The van der Waals surface area contributed by atoms with Crippen molar-refractivity contribution in [3.8, 4) is 17.0 Å². The van der Waals surface area contributed by atoms with Crippen LogP contribution < -0.4 is 10.5 Å². The van der Waals surface area contributed by atoms with E-state index < -0.39 is 25.5 Å². The molecule has 1 aromatic carbocycles. The number of nitrogens with two attached hydrogens (primary N) is 1. The van der Waals surface area contributed by atoms with Gasteiger partial charge in [0, 0.05) is 16.2 Å². The number of halogens is 3. The summed E-state index contributed by atoms with van der Waals surface area (Å²) in [7, 11) is -2.86. The third kappa shape index (κ3) is 7.85. The molecule has 0 aliphatic rings. The fourth-order valence-electron chi connectivity index (χ4n) is 3.04. The second-order valence-electron chi connectivity index (χ2n) is 7.83. The minimum atomic E-state index is -4.61. The number of nitrogens with zero attached hydrogens (tertiary/aromatic N) is 1. The molecule has 0 saturated heterocycles. The summed E-state index contributed by atoms with van der Waals surface area (Å²) in [6.45, 7) is 3.47. The Kier molecular flexibility index (Phi) is 9.64. The van der Waals surface area contributed by atoms with Gasteiger partial charge >= 0.3 is 14.4 Å². The van der Waals surface area contributed by atoms with Crippen molar-refractivity contribution in [1.82, 2.24) is 5.16 Å². The van der Waals surface area contributed by atoms with E-state index in [1.165, 1.54) is 25.1 Å². The summed E-state index contributed by atoms with van der Waals surface area (Å²) in [5, 5.41) is 3.79. The molecule has 7 nitrogen and oxygen atoms in total. The third-order valence-corrected chi connectivity index (χ3v) is 5.23. The van der Waals surface area contributed by atoms with Crippen LogP contribution in [0.25, 0.3) is 11.3 Å². The average molecular weight is 477 g/mol. The molecule has 178 valence electrons. The van der Waals surface area contributed by atoms with Crippen LogP contribution in [0.15, 0.2) is 28.8 Å². The van der Waals surface area contributed by atoms with E-state index in [0.717, 1.165) is 38.2 Å². The van der Waals surface area contributed by atoms with Gasteiger partial charge < -0.3 is 15.0 Å². The molecule has 0 amide bonds. The highest BCUT2D eigenvalue weighted by atomic mass is 31.1. The largest absolute Gasteiger partial charge is 0.694 e. The lowest BCUT2D eigenvalue weighted by molar-refractivity contribution is -0.138. The lowest BCUT2D eigenvalue weighted by Crippen LogP contribution is -2.37. The van der Waals surface area contributed by atoms with E-state index in [4.69, 9.17) is 19.9 Å². The molecule has 3 N–H and O–H groups in total. The van der Waals surface area contributed by atoms with Crippen LogP contribution in [0.2, 0.25) is 0 Å². The highest BCUT2D eigenvalue weighted by Crippen LogP contribution is 2.39. The first-order valence-electron chi connectivity index (χ1n) is 10.4. The van der Waals surface area contributed by atoms with Crippen LogP contribution in [0.4, 0.5) is 13.2 Å². The van der Waals surface area contributed by atoms with Crippen LogP contribution in [-0.2, 0) is 20.8 Å². The van der Waals surface area contributed by atoms with Crippen molar-refractivity contribution in [2.24, 2.45) is 5.73 Å². The topological polar surface area (TPSA) is 108 Å². The van der Waals surface area contributed by atoms with Gasteiger partial charge in [-0.05, 0) is 31.5 Å². The first-order valence-corrected chi connectivity index (χ1v) is 11.6. The molecule has 0 saturated carbocycles. The quantitative estimate of drug-likeness (QED) is 0.272. The first kappa shape index (κ1) is 26.3. The second kappa shape index (κ2) is 11.7. The molecule has 1 aromatic heterocycles. The van der Waals surface area contributed by atoms with E-state index in [2.05, 4.69) is 16.6 Å². The number of ether oxygens (including phenoxy) is 1. The van der Waals surface area contributed by atoms with Crippen LogP contribution in [0.5, 0.6) is 5.75 Å². The van der Waals surface area contributed by atoms with Crippen molar-refractivity contribution >= 4 is 8.25 Å². The molecule has 0 radical (unpaired) electrons. The van der Waals surface area contributed by atoms with E-state index >= 15 is 0 Å². The predicted molar refractivity (Wildman–Crippen MR) is 113 cm³/mol. The lowest BCUT2D eigenvalue weighted by atomic mass is 10.00. The van der Waals surface area contributed by atoms with E-state index in [9.17, 15) is 17.7 Å². The monoisotopic (exact) mass is 477 g/mol. The Labute approximate surface area is 186 Å². The van der Waals surface area contributed by atoms with Gasteiger partial charge in [-0.3, -0.25) is 0 Å². The Morgan fingerprint density at radius 2 is 1.84 bits per heavy atom. The predicted octanol–water partition coefficient (Wildman–Crippen LogP) is 5.94. The molecule has 11 heteroatoms. The summed E-state index contributed by atoms with van der Waals surface area (Å²) >= 11 is 0. The van der Waals surface area contributed by atoms with Gasteiger partial charge in [-0.1, -0.05) is 44.2 Å². The summed E-state index contributed by atoms with van der Waals surface area (Å²) in [5.41, 5.74) is 4.12. The van der Waals surface area contributed by atoms with Crippen molar-refractivity contribution < 1.29 is 36.4 Å². The average Bonchev–Trinajstić information content (AvgIpc) is 3.22. The Bertz CT molecular complexity index is 887. The summed E-state index contributed by atoms with van der Waals surface area (Å²) in [5.74, 6) is -0.136. The van der Waals surface area contributed by atoms with Crippen LogP contribution >= 0.6 is 8.25 Å². The van der Waals surface area contributed by atoms with E-state index in [1.54, 1.807) is 0 Å². The second-order valence-corrected chi connectivity index (χ2v) is 8.56. The highest BCUT2D eigenvalue weighted by Gasteiger charge is 2.36. The zero-order valence-electron chi connectivity index (χ0n) is 18.2. The summed E-state index contributed by atoms with van der Waals surface area (Å²) in [6.07, 6.45) is 1.43. The van der Waals surface area contributed by atoms with Crippen LogP contribution in [0, 0.1) is 0 Å². The molecule has 1 unspecified atom stereocenters. The smallest absolute Gasteiger partial charge is 0.493 e. The minimum Gasteiger partial charge on any atom is -0.493 e. The van der Waals surface area contributed by atoms with Gasteiger partial charge in [0.15, 0.2) is 5.76 Å². The number of benzene rings is 1. The number of alkyl halides is 3. The highest BCUT2D eigenvalue weighted by molar-refractivity contribution is 7.32. The van der Waals surface area contributed by atoms with Gasteiger partial charge in [0.05, 0.1) is 12.2 Å². The maximum Gasteiger partial charge on any atom is 0.694 e. The van der Waals surface area contributed by atoms with Gasteiger partial charge in [-0.25, -0.2) is 0 Å². The van der Waals surface area contributed by atoms with E-state index in [1.807, 2.05) is 0 Å². The van der Waals surface area contributed by atoms with E-state index in [-0.39, 0.29) is 36.0 Å². The molecule has 2 atom stereocenters. The van der Waals surface area contributed by atoms with Crippen molar-refractivity contribution in [3.05, 3.63) is 35.6 Å². The Balaban J connectivity index is 2.12. The number of hydrogen-bond donors (Lipinski definition) is 2. The lowest BCUT2D eigenvalue weighted by Gasteiger charge is -2.16. The first-order chi connectivity index (χ1) is 15.0. The fraction of sp³-hybridized carbons (Fsp3) is 0.571. The van der Waals surface area contributed by atoms with Crippen LogP contribution in [0.3, 0.4) is 0 Å². The number of unbranched alkanes of at least 4 members (excludes halogenated alkanes) is 5. The summed E-state index contributed by atoms with van der Waals surface area (Å²) < 4.78 is 66.8. The van der Waals surface area contributed by atoms with Gasteiger partial charge in [0.1, 0.15) is 23.6 Å². The number of rotatable bonds is 13. The molecule has 0 fully saturated rings. The van der Waals surface area contributed by atoms with Crippen molar-refractivity contribution in [1.29, 1.82) is 0 Å². The molecule has 1 heterocycles. The molecular formula is C21H29F3N2O5P+. The number of hydrogen-bond acceptors (Lipinski definition) is 6. The van der Waals surface area contributed by atoms with Crippen molar-refractivity contribution in [3.63, 3.8) is 0 Å². The normalized spacial score (nSPS) is 14.3. The van der Waals surface area contributed by atoms with E-state index in [0.29, 0.717) is 6.42 Å². The van der Waals surface area contributed by atoms with Crippen LogP contribution in [-0.4, -0.2) is 23.3 Å². The Hall–Kier alpha value is -2.00. The van der Waals surface area contributed by atoms with Gasteiger partial charge in [0.25, 0.3) is 0 Å². The summed E-state index contributed by atoms with van der Waals surface area (Å²) in [6, 6.07) is 5.06. The molecule has 0 aliphatic carbocycles. The molecule has 0 spiro atoms. The number of aromatic nitrogens is 1. The minimum absolute atomic E-state index is 0.0984. The molecule has 0 bridgehead atoms. The molecule has 0 aliphatic heterocycles. The Morgan fingerprint density at radius 3 is 2.50 bits per heavy atom. The maximum atomic E-state index is 13.6. The maximum absolute atomic E-state index is 13.6.